The summed E-state index contributed by atoms with van der Waals surface area (Å²) < 4.78 is 0. The van der Waals surface area contributed by atoms with Gasteiger partial charge in [-0.05, 0) is 46.6 Å². The van der Waals surface area contributed by atoms with E-state index in [1.165, 1.54) is 11.3 Å². The molecule has 0 aliphatic heterocycles. The minimum Gasteiger partial charge on any atom is -0.375 e. The zero-order chi connectivity index (χ0) is 17.4. The van der Waals surface area contributed by atoms with E-state index in [1.54, 1.807) is 11.3 Å². The number of aliphatic hydroxyl groups is 1. The Morgan fingerprint density at radius 2 is 1.79 bits per heavy atom. The minimum absolute atomic E-state index is 0.738. The van der Waals surface area contributed by atoms with Crippen molar-refractivity contribution in [2.75, 3.05) is 0 Å². The van der Waals surface area contributed by atoms with Crippen molar-refractivity contribution in [3.05, 3.63) is 44.3 Å². The van der Waals surface area contributed by atoms with Gasteiger partial charge in [-0.3, -0.25) is 0 Å². The molecule has 1 unspecified atom stereocenters. The van der Waals surface area contributed by atoms with E-state index in [1.807, 2.05) is 28.3 Å². The van der Waals surface area contributed by atoms with Gasteiger partial charge in [0.05, 0.1) is 4.88 Å². The Hall–Kier alpha value is -2.18. The van der Waals surface area contributed by atoms with E-state index < -0.39 is 14.2 Å². The van der Waals surface area contributed by atoms with Crippen molar-refractivity contribution < 1.29 is 5.11 Å². The van der Waals surface area contributed by atoms with Gasteiger partial charge in [0.25, 0.3) is 0 Å². The van der Waals surface area contributed by atoms with Crippen molar-refractivity contribution in [2.45, 2.75) is 25.7 Å². The first-order valence-corrected chi connectivity index (χ1v) is 12.6. The second-order valence-electron chi connectivity index (χ2n) is 5.88. The van der Waals surface area contributed by atoms with Gasteiger partial charge in [-0.15, -0.1) is 16.9 Å². The topological polar surface area (TPSA) is 20.2 Å². The van der Waals surface area contributed by atoms with Gasteiger partial charge in [0.1, 0.15) is 8.07 Å². The molecule has 0 radical (unpaired) electrons. The summed E-state index contributed by atoms with van der Waals surface area (Å²) in [7, 11) is -1.43. The van der Waals surface area contributed by atoms with Crippen molar-refractivity contribution in [2.24, 2.45) is 0 Å². The maximum Gasteiger partial charge on any atom is 0.151 e. The Morgan fingerprint density at radius 1 is 1.00 bits per heavy atom. The van der Waals surface area contributed by atoms with Crippen LogP contribution in [0.5, 0.6) is 0 Å². The minimum atomic E-state index is -1.43. The molecule has 0 amide bonds. The van der Waals surface area contributed by atoms with Gasteiger partial charge in [-0.2, -0.15) is 11.3 Å². The summed E-state index contributed by atoms with van der Waals surface area (Å²) in [5.74, 6) is 20.0. The van der Waals surface area contributed by atoms with Gasteiger partial charge in [0, 0.05) is 16.5 Å². The smallest absolute Gasteiger partial charge is 0.151 e. The summed E-state index contributed by atoms with van der Waals surface area (Å²) in [6, 6.07) is 3.83. The lowest BCUT2D eigenvalue weighted by atomic mass is 10.2. The lowest BCUT2D eigenvalue weighted by Gasteiger charge is -2.02. The van der Waals surface area contributed by atoms with Crippen LogP contribution in [0.4, 0.5) is 0 Å². The molecule has 0 spiro atoms. The first-order valence-electron chi connectivity index (χ1n) is 7.28. The largest absolute Gasteiger partial charge is 0.375 e. The average Bonchev–Trinajstić information content (AvgIpc) is 3.18. The maximum atomic E-state index is 10.2. The second-order valence-corrected chi connectivity index (χ2v) is 12.4. The predicted octanol–water partition coefficient (Wildman–Crippen LogP) is 4.13. The van der Waals surface area contributed by atoms with E-state index in [9.17, 15) is 5.11 Å². The normalized spacial score (nSPS) is 10.7. The highest BCUT2D eigenvalue weighted by Crippen LogP contribution is 2.23. The molecule has 2 heterocycles. The Bertz CT molecular complexity index is 931. The molecule has 1 N–H and O–H groups in total. The van der Waals surface area contributed by atoms with E-state index in [2.05, 4.69) is 66.6 Å². The number of hydrogen-bond donors (Lipinski definition) is 1. The Labute approximate surface area is 152 Å². The van der Waals surface area contributed by atoms with E-state index in [0.717, 1.165) is 16.0 Å². The van der Waals surface area contributed by atoms with Gasteiger partial charge < -0.3 is 5.11 Å². The van der Waals surface area contributed by atoms with Gasteiger partial charge in [-0.1, -0.05) is 37.4 Å². The van der Waals surface area contributed by atoms with E-state index >= 15 is 0 Å². The fourth-order valence-corrected chi connectivity index (χ4v) is 3.37. The van der Waals surface area contributed by atoms with Gasteiger partial charge in [0.2, 0.25) is 0 Å². The third-order valence-electron chi connectivity index (χ3n) is 2.64. The molecule has 24 heavy (non-hydrogen) atoms. The zero-order valence-electron chi connectivity index (χ0n) is 13.7. The fraction of sp³-hybridized carbons (Fsp3) is 0.200. The maximum absolute atomic E-state index is 10.2. The van der Waals surface area contributed by atoms with Crippen LogP contribution in [-0.2, 0) is 0 Å². The SMILES string of the molecule is C[Si](C)(C)C#CC#CC(O)c1sccc1C#CC#Cc1ccsc1. The molecule has 4 heteroatoms. The molecule has 2 rings (SSSR count). The zero-order valence-corrected chi connectivity index (χ0v) is 16.4. The van der Waals surface area contributed by atoms with Crippen LogP contribution in [0.2, 0.25) is 19.6 Å². The molecule has 0 bridgehead atoms. The number of rotatable bonds is 1. The highest BCUT2D eigenvalue weighted by molar-refractivity contribution is 7.10. The molecule has 2 aromatic heterocycles. The third-order valence-corrected chi connectivity index (χ3v) is 5.17. The van der Waals surface area contributed by atoms with Crippen molar-refractivity contribution in [3.8, 4) is 47.0 Å². The quantitative estimate of drug-likeness (QED) is 0.596. The first kappa shape index (κ1) is 18.2. The summed E-state index contributed by atoms with van der Waals surface area (Å²) in [6.45, 7) is 6.46. The molecule has 118 valence electrons. The third kappa shape index (κ3) is 6.14. The summed E-state index contributed by atoms with van der Waals surface area (Å²) in [4.78, 5) is 0.738. The van der Waals surface area contributed by atoms with Gasteiger partial charge >= 0.3 is 0 Å². The Kier molecular flexibility index (Phi) is 6.51. The lowest BCUT2D eigenvalue weighted by molar-refractivity contribution is 0.242. The van der Waals surface area contributed by atoms with Crippen molar-refractivity contribution in [1.82, 2.24) is 0 Å². The van der Waals surface area contributed by atoms with Crippen LogP contribution < -0.4 is 0 Å². The monoisotopic (exact) mass is 364 g/mol. The van der Waals surface area contributed by atoms with Crippen LogP contribution >= 0.6 is 22.7 Å². The van der Waals surface area contributed by atoms with Crippen LogP contribution in [-0.4, -0.2) is 13.2 Å². The van der Waals surface area contributed by atoms with Crippen molar-refractivity contribution in [3.63, 3.8) is 0 Å². The second kappa shape index (κ2) is 8.61. The fourth-order valence-electron chi connectivity index (χ4n) is 1.56. The first-order chi connectivity index (χ1) is 11.5. The Morgan fingerprint density at radius 3 is 2.50 bits per heavy atom. The van der Waals surface area contributed by atoms with E-state index in [-0.39, 0.29) is 0 Å². The molecule has 0 aliphatic rings. The summed E-state index contributed by atoms with van der Waals surface area (Å²) in [5, 5.41) is 16.1. The highest BCUT2D eigenvalue weighted by Gasteiger charge is 2.10. The van der Waals surface area contributed by atoms with E-state index in [4.69, 9.17) is 0 Å². The number of thiophene rings is 2. The average molecular weight is 365 g/mol. The Balaban J connectivity index is 2.10. The standard InChI is InChI=1S/C20H16OS2Si/c1-24(2,3)15-7-6-10-19(21)20-18(12-14-23-20)9-5-4-8-17-11-13-22-16-17/h11-14,16,19,21H,1-3H3. The van der Waals surface area contributed by atoms with Gasteiger partial charge in [0.15, 0.2) is 6.10 Å². The molecule has 1 nitrogen and oxygen atoms in total. The van der Waals surface area contributed by atoms with Gasteiger partial charge in [-0.25, -0.2) is 0 Å². The van der Waals surface area contributed by atoms with Crippen molar-refractivity contribution >= 4 is 30.7 Å². The predicted molar refractivity (Wildman–Crippen MR) is 106 cm³/mol. The number of hydrogen-bond acceptors (Lipinski definition) is 3. The van der Waals surface area contributed by atoms with Crippen LogP contribution in [0.25, 0.3) is 0 Å². The summed E-state index contributed by atoms with van der Waals surface area (Å²) in [6.07, 6.45) is -0.866. The highest BCUT2D eigenvalue weighted by atomic mass is 32.1. The molecule has 0 aromatic carbocycles. The molecular formula is C20H16OS2Si. The van der Waals surface area contributed by atoms with Crippen molar-refractivity contribution in [1.29, 1.82) is 0 Å². The van der Waals surface area contributed by atoms with Crippen LogP contribution in [0, 0.1) is 47.0 Å². The molecule has 1 atom stereocenters. The van der Waals surface area contributed by atoms with E-state index in [0.29, 0.717) is 0 Å². The van der Waals surface area contributed by atoms with Crippen LogP contribution in [0.15, 0.2) is 28.3 Å². The van der Waals surface area contributed by atoms with Crippen LogP contribution in [0.1, 0.15) is 22.1 Å². The molecule has 0 saturated heterocycles. The molecule has 0 aliphatic carbocycles. The molecular weight excluding hydrogens is 348 g/mol. The number of aliphatic hydroxyl groups excluding tert-OH is 1. The molecule has 0 saturated carbocycles. The molecule has 0 fully saturated rings. The molecule has 2 aromatic rings. The lowest BCUT2D eigenvalue weighted by Crippen LogP contribution is -2.16. The summed E-state index contributed by atoms with van der Waals surface area (Å²) >= 11 is 3.04. The van der Waals surface area contributed by atoms with Crippen LogP contribution in [0.3, 0.4) is 0 Å². The summed E-state index contributed by atoms with van der Waals surface area (Å²) in [5.41, 5.74) is 4.88.